The fourth-order valence-electron chi connectivity index (χ4n) is 2.40. The average molecular weight is 387 g/mol. The summed E-state index contributed by atoms with van der Waals surface area (Å²) in [7, 11) is 0. The molecular weight excluding hydrogens is 360 g/mol. The minimum atomic E-state index is -0.312. The molecular formula is C21H26N2O3S. The number of unbranched alkanes of at least 4 members (excludes halogenated alkanes) is 2. The van der Waals surface area contributed by atoms with E-state index in [9.17, 15) is 9.59 Å². The van der Waals surface area contributed by atoms with E-state index in [2.05, 4.69) is 17.0 Å². The minimum Gasteiger partial charge on any atom is -0.427 e. The maximum absolute atomic E-state index is 12.1. The number of aryl methyl sites for hydroxylation is 2. The van der Waals surface area contributed by atoms with Crippen molar-refractivity contribution in [1.29, 1.82) is 0 Å². The Morgan fingerprint density at radius 2 is 1.78 bits per heavy atom. The molecule has 0 saturated heterocycles. The third-order valence-corrected chi connectivity index (χ3v) is 4.74. The lowest BCUT2D eigenvalue weighted by atomic mass is 10.2. The highest BCUT2D eigenvalue weighted by Gasteiger charge is 2.09. The zero-order valence-electron chi connectivity index (χ0n) is 16.0. The largest absolute Gasteiger partial charge is 0.427 e. The highest BCUT2D eigenvalue weighted by molar-refractivity contribution is 7.98. The lowest BCUT2D eigenvalue weighted by molar-refractivity contribution is -0.134. The molecule has 144 valence electrons. The first kappa shape index (κ1) is 20.8. The van der Waals surface area contributed by atoms with Crippen LogP contribution in [0.4, 0.5) is 10.5 Å². The number of hydrogen-bond donors (Lipinski definition) is 2. The number of anilines is 1. The molecule has 6 heteroatoms. The summed E-state index contributed by atoms with van der Waals surface area (Å²) >= 11 is 1.25. The van der Waals surface area contributed by atoms with Gasteiger partial charge in [-0.3, -0.25) is 9.52 Å². The second-order valence-electron chi connectivity index (χ2n) is 6.38. The van der Waals surface area contributed by atoms with Crippen molar-refractivity contribution in [2.75, 3.05) is 5.32 Å². The van der Waals surface area contributed by atoms with Gasteiger partial charge in [-0.25, -0.2) is 4.79 Å². The van der Waals surface area contributed by atoms with Crippen molar-refractivity contribution in [1.82, 2.24) is 4.72 Å². The van der Waals surface area contributed by atoms with E-state index >= 15 is 0 Å². The number of hydrogen-bond acceptors (Lipinski definition) is 4. The maximum Gasteiger partial charge on any atom is 0.329 e. The molecule has 27 heavy (non-hydrogen) atoms. The molecule has 0 heterocycles. The quantitative estimate of drug-likeness (QED) is 0.267. The maximum atomic E-state index is 12.1. The topological polar surface area (TPSA) is 67.4 Å². The van der Waals surface area contributed by atoms with Crippen LogP contribution in [0.5, 0.6) is 5.75 Å². The normalized spacial score (nSPS) is 10.3. The molecule has 0 unspecified atom stereocenters. The third kappa shape index (κ3) is 7.35. The van der Waals surface area contributed by atoms with E-state index in [-0.39, 0.29) is 12.0 Å². The van der Waals surface area contributed by atoms with Gasteiger partial charge >= 0.3 is 12.0 Å². The number of ether oxygens (including phenoxy) is 1. The van der Waals surface area contributed by atoms with E-state index in [1.165, 1.54) is 17.5 Å². The van der Waals surface area contributed by atoms with E-state index in [1.807, 2.05) is 38.1 Å². The van der Waals surface area contributed by atoms with Crippen molar-refractivity contribution < 1.29 is 14.3 Å². The lowest BCUT2D eigenvalue weighted by Gasteiger charge is -2.11. The Morgan fingerprint density at radius 1 is 1.04 bits per heavy atom. The van der Waals surface area contributed by atoms with Crippen LogP contribution in [0, 0.1) is 13.8 Å². The van der Waals surface area contributed by atoms with E-state index in [0.717, 1.165) is 29.7 Å². The molecule has 0 fully saturated rings. The van der Waals surface area contributed by atoms with Gasteiger partial charge in [0, 0.05) is 17.0 Å². The molecule has 0 bridgehead atoms. The number of amides is 2. The summed E-state index contributed by atoms with van der Waals surface area (Å²) in [6, 6.07) is 12.8. The first-order chi connectivity index (χ1) is 13.0. The fraction of sp³-hybridized carbons (Fsp3) is 0.333. The van der Waals surface area contributed by atoms with Crippen LogP contribution >= 0.6 is 11.9 Å². The van der Waals surface area contributed by atoms with Gasteiger partial charge in [-0.2, -0.15) is 0 Å². The summed E-state index contributed by atoms with van der Waals surface area (Å²) in [5.41, 5.74) is 2.66. The third-order valence-electron chi connectivity index (χ3n) is 3.94. The monoisotopic (exact) mass is 386 g/mol. The van der Waals surface area contributed by atoms with Crippen LogP contribution in [0.25, 0.3) is 0 Å². The Kier molecular flexibility index (Phi) is 8.20. The Labute approximate surface area is 165 Å². The highest BCUT2D eigenvalue weighted by atomic mass is 32.2. The SMILES string of the molecule is CCCCCC(=O)Oc1ccc(NC(=O)NSc2ccc(C)cc2)c(C)c1. The van der Waals surface area contributed by atoms with Gasteiger partial charge in [-0.15, -0.1) is 0 Å². The van der Waals surface area contributed by atoms with Crippen LogP contribution in [0.15, 0.2) is 47.4 Å². The summed E-state index contributed by atoms with van der Waals surface area (Å²) < 4.78 is 8.10. The molecule has 0 saturated carbocycles. The minimum absolute atomic E-state index is 0.226. The second-order valence-corrected chi connectivity index (χ2v) is 7.26. The molecule has 2 aromatic carbocycles. The second kappa shape index (κ2) is 10.6. The van der Waals surface area contributed by atoms with Crippen molar-refractivity contribution in [3.05, 3.63) is 53.6 Å². The average Bonchev–Trinajstić information content (AvgIpc) is 2.64. The van der Waals surface area contributed by atoms with Crippen LogP contribution < -0.4 is 14.8 Å². The van der Waals surface area contributed by atoms with Crippen molar-refractivity contribution in [2.24, 2.45) is 0 Å². The first-order valence-electron chi connectivity index (χ1n) is 9.09. The van der Waals surface area contributed by atoms with Crippen molar-refractivity contribution in [2.45, 2.75) is 51.3 Å². The van der Waals surface area contributed by atoms with Gasteiger partial charge in [0.15, 0.2) is 0 Å². The number of esters is 1. The molecule has 2 N–H and O–H groups in total. The summed E-state index contributed by atoms with van der Waals surface area (Å²) in [6.07, 6.45) is 3.35. The summed E-state index contributed by atoms with van der Waals surface area (Å²) in [6.45, 7) is 5.97. The molecule has 2 amide bonds. The number of urea groups is 1. The van der Waals surface area contributed by atoms with E-state index in [0.29, 0.717) is 17.9 Å². The molecule has 0 spiro atoms. The van der Waals surface area contributed by atoms with Crippen LogP contribution in [0.3, 0.4) is 0 Å². The Hall–Kier alpha value is -2.47. The number of nitrogens with one attached hydrogen (secondary N) is 2. The van der Waals surface area contributed by atoms with Crippen LogP contribution in [-0.4, -0.2) is 12.0 Å². The molecule has 2 rings (SSSR count). The van der Waals surface area contributed by atoms with Gasteiger partial charge < -0.3 is 10.1 Å². The van der Waals surface area contributed by atoms with Gasteiger partial charge in [0.1, 0.15) is 5.75 Å². The number of benzene rings is 2. The summed E-state index contributed by atoms with van der Waals surface area (Å²) in [5, 5.41) is 2.80. The molecule has 0 atom stereocenters. The highest BCUT2D eigenvalue weighted by Crippen LogP contribution is 2.22. The molecule has 0 radical (unpaired) electrons. The van der Waals surface area contributed by atoms with Gasteiger partial charge in [-0.05, 0) is 68.1 Å². The summed E-state index contributed by atoms with van der Waals surface area (Å²) in [4.78, 5) is 24.8. The molecule has 2 aromatic rings. The predicted octanol–water partition coefficient (Wildman–Crippen LogP) is 5.62. The van der Waals surface area contributed by atoms with E-state index in [1.54, 1.807) is 18.2 Å². The first-order valence-corrected chi connectivity index (χ1v) is 9.91. The number of rotatable bonds is 8. The lowest BCUT2D eigenvalue weighted by Crippen LogP contribution is -2.23. The Balaban J connectivity index is 1.84. The van der Waals surface area contributed by atoms with Crippen molar-refractivity contribution in [3.8, 4) is 5.75 Å². The van der Waals surface area contributed by atoms with Crippen LogP contribution in [-0.2, 0) is 4.79 Å². The van der Waals surface area contributed by atoms with Crippen molar-refractivity contribution in [3.63, 3.8) is 0 Å². The van der Waals surface area contributed by atoms with Crippen molar-refractivity contribution >= 4 is 29.6 Å². The standard InChI is InChI=1S/C21H26N2O3S/c1-4-5-6-7-20(24)26-17-10-13-19(16(3)14-17)22-21(25)23-27-18-11-8-15(2)9-12-18/h8-14H,4-7H2,1-3H3,(H2,22,23,25). The molecule has 0 aliphatic heterocycles. The predicted molar refractivity (Wildman–Crippen MR) is 110 cm³/mol. The molecule has 5 nitrogen and oxygen atoms in total. The van der Waals surface area contributed by atoms with Gasteiger partial charge in [0.05, 0.1) is 0 Å². The van der Waals surface area contributed by atoms with Crippen LogP contribution in [0.2, 0.25) is 0 Å². The Bertz CT molecular complexity index is 775. The van der Waals surface area contributed by atoms with E-state index < -0.39 is 0 Å². The molecule has 0 aliphatic rings. The fourth-order valence-corrected chi connectivity index (χ4v) is 2.93. The van der Waals surface area contributed by atoms with E-state index in [4.69, 9.17) is 4.74 Å². The van der Waals surface area contributed by atoms with Crippen LogP contribution in [0.1, 0.15) is 43.7 Å². The van der Waals surface area contributed by atoms with Gasteiger partial charge in [-0.1, -0.05) is 37.5 Å². The smallest absolute Gasteiger partial charge is 0.329 e. The Morgan fingerprint density at radius 3 is 2.44 bits per heavy atom. The number of carbonyl (C=O) groups excluding carboxylic acids is 2. The molecule has 0 aliphatic carbocycles. The number of carbonyl (C=O) groups is 2. The zero-order valence-corrected chi connectivity index (χ0v) is 16.8. The molecule has 0 aromatic heterocycles. The summed E-state index contributed by atoms with van der Waals surface area (Å²) in [5.74, 6) is 0.268. The van der Waals surface area contributed by atoms with Gasteiger partial charge in [0.25, 0.3) is 0 Å². The zero-order chi connectivity index (χ0) is 19.6. The van der Waals surface area contributed by atoms with Gasteiger partial charge in [0.2, 0.25) is 0 Å².